The fourth-order valence-corrected chi connectivity index (χ4v) is 3.02. The van der Waals surface area contributed by atoms with Crippen molar-refractivity contribution in [1.29, 1.82) is 0 Å². The van der Waals surface area contributed by atoms with Gasteiger partial charge in [-0.05, 0) is 31.4 Å². The Bertz CT molecular complexity index is 576. The zero-order valence-corrected chi connectivity index (χ0v) is 10.6. The van der Waals surface area contributed by atoms with Crippen LogP contribution in [-0.2, 0) is 7.05 Å². The van der Waals surface area contributed by atoms with Gasteiger partial charge in [-0.3, -0.25) is 0 Å². The van der Waals surface area contributed by atoms with Gasteiger partial charge in [-0.1, -0.05) is 6.42 Å². The lowest BCUT2D eigenvalue weighted by atomic mass is 9.85. The molecule has 1 aliphatic carbocycles. The van der Waals surface area contributed by atoms with E-state index in [1.165, 1.54) is 12.1 Å². The summed E-state index contributed by atoms with van der Waals surface area (Å²) >= 11 is 0. The van der Waals surface area contributed by atoms with E-state index >= 15 is 0 Å². The highest BCUT2D eigenvalue weighted by Gasteiger charge is 2.24. The number of benzene rings is 1. The first-order chi connectivity index (χ1) is 8.65. The zero-order valence-electron chi connectivity index (χ0n) is 10.6. The Hall–Kier alpha value is -1.42. The normalized spacial score (nSPS) is 24.6. The van der Waals surface area contributed by atoms with E-state index < -0.39 is 0 Å². The lowest BCUT2D eigenvalue weighted by Gasteiger charge is -2.26. The van der Waals surface area contributed by atoms with Crippen LogP contribution in [0.1, 0.15) is 37.4 Å². The number of rotatable bonds is 1. The monoisotopic (exact) mass is 247 g/mol. The minimum atomic E-state index is -0.229. The standard InChI is InChI=1S/C14H18FN3/c1-18-13-6-5-10(15)8-12(13)17-14(18)9-3-2-4-11(16)7-9/h5-6,8-9,11H,2-4,7,16H2,1H3. The second-order valence-electron chi connectivity index (χ2n) is 5.29. The van der Waals surface area contributed by atoms with Crippen molar-refractivity contribution in [3.63, 3.8) is 0 Å². The van der Waals surface area contributed by atoms with Gasteiger partial charge < -0.3 is 10.3 Å². The summed E-state index contributed by atoms with van der Waals surface area (Å²) in [5.74, 6) is 1.23. The molecular weight excluding hydrogens is 229 g/mol. The molecule has 2 N–H and O–H groups in total. The van der Waals surface area contributed by atoms with Crippen molar-refractivity contribution in [1.82, 2.24) is 9.55 Å². The number of imidazole rings is 1. The minimum absolute atomic E-state index is 0.229. The predicted molar refractivity (Wildman–Crippen MR) is 69.9 cm³/mol. The molecule has 0 saturated heterocycles. The predicted octanol–water partition coefficient (Wildman–Crippen LogP) is 2.70. The van der Waals surface area contributed by atoms with E-state index in [0.29, 0.717) is 5.92 Å². The fourth-order valence-electron chi connectivity index (χ4n) is 3.02. The molecule has 0 amide bonds. The molecule has 2 aromatic rings. The van der Waals surface area contributed by atoms with Gasteiger partial charge in [-0.2, -0.15) is 0 Å². The Labute approximate surface area is 106 Å². The Balaban J connectivity index is 2.03. The van der Waals surface area contributed by atoms with E-state index in [-0.39, 0.29) is 11.9 Å². The lowest BCUT2D eigenvalue weighted by Crippen LogP contribution is -2.27. The van der Waals surface area contributed by atoms with Gasteiger partial charge in [0.2, 0.25) is 0 Å². The van der Waals surface area contributed by atoms with E-state index in [0.717, 1.165) is 42.5 Å². The van der Waals surface area contributed by atoms with Crippen molar-refractivity contribution in [2.24, 2.45) is 12.8 Å². The van der Waals surface area contributed by atoms with E-state index in [1.54, 1.807) is 6.07 Å². The largest absolute Gasteiger partial charge is 0.331 e. The molecule has 2 unspecified atom stereocenters. The Morgan fingerprint density at radius 3 is 3.00 bits per heavy atom. The summed E-state index contributed by atoms with van der Waals surface area (Å²) in [6.45, 7) is 0. The third kappa shape index (κ3) is 1.90. The van der Waals surface area contributed by atoms with Gasteiger partial charge in [0.25, 0.3) is 0 Å². The van der Waals surface area contributed by atoms with E-state index in [9.17, 15) is 4.39 Å². The van der Waals surface area contributed by atoms with Crippen LogP contribution in [-0.4, -0.2) is 15.6 Å². The molecule has 1 aromatic heterocycles. The van der Waals surface area contributed by atoms with Crippen molar-refractivity contribution in [3.8, 4) is 0 Å². The maximum atomic E-state index is 13.2. The molecule has 96 valence electrons. The first kappa shape index (κ1) is 11.7. The van der Waals surface area contributed by atoms with Crippen LogP contribution in [0.5, 0.6) is 0 Å². The number of hydrogen-bond donors (Lipinski definition) is 1. The molecule has 3 nitrogen and oxygen atoms in total. The average Bonchev–Trinajstić information content (AvgIpc) is 2.66. The van der Waals surface area contributed by atoms with Crippen LogP contribution in [0.4, 0.5) is 4.39 Å². The van der Waals surface area contributed by atoms with E-state index in [4.69, 9.17) is 5.73 Å². The van der Waals surface area contributed by atoms with Crippen LogP contribution in [0, 0.1) is 5.82 Å². The number of halogens is 1. The Morgan fingerprint density at radius 1 is 1.39 bits per heavy atom. The topological polar surface area (TPSA) is 43.8 Å². The van der Waals surface area contributed by atoms with Crippen LogP contribution in [0.25, 0.3) is 11.0 Å². The van der Waals surface area contributed by atoms with Crippen molar-refractivity contribution < 1.29 is 4.39 Å². The molecule has 0 bridgehead atoms. The van der Waals surface area contributed by atoms with E-state index in [1.807, 2.05) is 7.05 Å². The molecule has 1 heterocycles. The quantitative estimate of drug-likeness (QED) is 0.842. The molecule has 4 heteroatoms. The van der Waals surface area contributed by atoms with Crippen LogP contribution >= 0.6 is 0 Å². The highest BCUT2D eigenvalue weighted by atomic mass is 19.1. The molecule has 1 aromatic carbocycles. The van der Waals surface area contributed by atoms with Crippen LogP contribution < -0.4 is 5.73 Å². The molecule has 18 heavy (non-hydrogen) atoms. The van der Waals surface area contributed by atoms with Crippen molar-refractivity contribution in [2.45, 2.75) is 37.6 Å². The number of nitrogens with two attached hydrogens (primary N) is 1. The molecule has 1 saturated carbocycles. The highest BCUT2D eigenvalue weighted by molar-refractivity contribution is 5.76. The van der Waals surface area contributed by atoms with Gasteiger partial charge in [-0.15, -0.1) is 0 Å². The summed E-state index contributed by atoms with van der Waals surface area (Å²) in [6, 6.07) is 5.06. The Kier molecular flexibility index (Phi) is 2.82. The van der Waals surface area contributed by atoms with Crippen molar-refractivity contribution >= 4 is 11.0 Å². The number of fused-ring (bicyclic) bond motifs is 1. The number of hydrogen-bond acceptors (Lipinski definition) is 2. The first-order valence-electron chi connectivity index (χ1n) is 6.52. The van der Waals surface area contributed by atoms with Crippen LogP contribution in [0.3, 0.4) is 0 Å². The third-order valence-electron chi connectivity index (χ3n) is 3.96. The molecule has 1 aliphatic rings. The number of nitrogens with zero attached hydrogens (tertiary/aromatic N) is 2. The van der Waals surface area contributed by atoms with Gasteiger partial charge in [0.05, 0.1) is 11.0 Å². The van der Waals surface area contributed by atoms with E-state index in [2.05, 4.69) is 9.55 Å². The molecule has 0 spiro atoms. The minimum Gasteiger partial charge on any atom is -0.331 e. The van der Waals surface area contributed by atoms with Crippen molar-refractivity contribution in [3.05, 3.63) is 29.8 Å². The smallest absolute Gasteiger partial charge is 0.125 e. The summed E-state index contributed by atoms with van der Waals surface area (Å²) in [7, 11) is 2.00. The second kappa shape index (κ2) is 4.35. The van der Waals surface area contributed by atoms with Gasteiger partial charge in [0, 0.05) is 25.1 Å². The average molecular weight is 247 g/mol. The number of aromatic nitrogens is 2. The highest BCUT2D eigenvalue weighted by Crippen LogP contribution is 2.33. The molecule has 0 aliphatic heterocycles. The second-order valence-corrected chi connectivity index (χ2v) is 5.29. The third-order valence-corrected chi connectivity index (χ3v) is 3.96. The van der Waals surface area contributed by atoms with Gasteiger partial charge in [0.15, 0.2) is 0 Å². The summed E-state index contributed by atoms with van der Waals surface area (Å²) in [5, 5.41) is 0. The SMILES string of the molecule is Cn1c(C2CCCC(N)C2)nc2cc(F)ccc21. The summed E-state index contributed by atoms with van der Waals surface area (Å²) in [4.78, 5) is 4.60. The Morgan fingerprint density at radius 2 is 2.22 bits per heavy atom. The molecule has 2 atom stereocenters. The summed E-state index contributed by atoms with van der Waals surface area (Å²) in [6.07, 6.45) is 4.38. The van der Waals surface area contributed by atoms with Crippen LogP contribution in [0.15, 0.2) is 18.2 Å². The van der Waals surface area contributed by atoms with Crippen LogP contribution in [0.2, 0.25) is 0 Å². The molecule has 0 radical (unpaired) electrons. The number of aryl methyl sites for hydroxylation is 1. The van der Waals surface area contributed by atoms with Crippen molar-refractivity contribution in [2.75, 3.05) is 0 Å². The van der Waals surface area contributed by atoms with Gasteiger partial charge >= 0.3 is 0 Å². The molecular formula is C14H18FN3. The molecule has 1 fully saturated rings. The first-order valence-corrected chi connectivity index (χ1v) is 6.52. The fraction of sp³-hybridized carbons (Fsp3) is 0.500. The van der Waals surface area contributed by atoms with Gasteiger partial charge in [-0.25, -0.2) is 9.37 Å². The maximum absolute atomic E-state index is 13.2. The van der Waals surface area contributed by atoms with Gasteiger partial charge in [0.1, 0.15) is 11.6 Å². The zero-order chi connectivity index (χ0) is 12.7. The summed E-state index contributed by atoms with van der Waals surface area (Å²) in [5.41, 5.74) is 7.77. The maximum Gasteiger partial charge on any atom is 0.125 e. The molecule has 3 rings (SSSR count). The summed E-state index contributed by atoms with van der Waals surface area (Å²) < 4.78 is 15.3. The lowest BCUT2D eigenvalue weighted by molar-refractivity contribution is 0.378.